The molecule has 0 aromatic carbocycles. The Hall–Kier alpha value is -4.31. The molecule has 2 atom stereocenters. The molecule has 0 rings (SSSR count). The van der Waals surface area contributed by atoms with Gasteiger partial charge in [0.15, 0.2) is 12.4 Å². The minimum atomic E-state index is -1.63. The van der Waals surface area contributed by atoms with Crippen LogP contribution in [0.5, 0.6) is 0 Å². The van der Waals surface area contributed by atoms with Crippen LogP contribution in [0.15, 0.2) is 122 Å². The van der Waals surface area contributed by atoms with E-state index in [0.29, 0.717) is 17.4 Å². The summed E-state index contributed by atoms with van der Waals surface area (Å²) >= 11 is 0. The number of ether oxygens (including phenoxy) is 4. The van der Waals surface area contributed by atoms with Crippen LogP contribution in [0.1, 0.15) is 296 Å². The summed E-state index contributed by atoms with van der Waals surface area (Å²) in [6.07, 6.45) is 92.8. The molecule has 0 aromatic rings. The first-order valence-electron chi connectivity index (χ1n) is 35.7. The van der Waals surface area contributed by atoms with Crippen LogP contribution in [0.2, 0.25) is 0 Å². The minimum absolute atomic E-state index is 0.144. The van der Waals surface area contributed by atoms with Crippen LogP contribution in [0.3, 0.4) is 0 Å². The van der Waals surface area contributed by atoms with Crippen LogP contribution in [-0.4, -0.2) is 82.3 Å². The van der Waals surface area contributed by atoms with Gasteiger partial charge in [-0.15, -0.1) is 0 Å². The van der Waals surface area contributed by atoms with Crippen molar-refractivity contribution in [2.24, 2.45) is 0 Å². The lowest BCUT2D eigenvalue weighted by Gasteiger charge is -2.26. The highest BCUT2D eigenvalue weighted by atomic mass is 16.7. The molecule has 0 spiro atoms. The average molecular weight is 1210 g/mol. The lowest BCUT2D eigenvalue weighted by Crippen LogP contribution is -2.44. The summed E-state index contributed by atoms with van der Waals surface area (Å²) in [7, 11) is 5.93. The predicted octanol–water partition coefficient (Wildman–Crippen LogP) is 21.0. The first kappa shape index (κ1) is 82.7. The molecule has 0 amide bonds. The number of carbonyl (C=O) groups excluding carboxylic acids is 3. The summed E-state index contributed by atoms with van der Waals surface area (Å²) in [5.41, 5.74) is 0. The Morgan fingerprint density at radius 3 is 0.920 bits per heavy atom. The number of unbranched alkanes of at least 4 members (excludes halogenated alkanes) is 30. The molecule has 0 radical (unpaired) electrons. The third-order valence-electron chi connectivity index (χ3n) is 15.2. The van der Waals surface area contributed by atoms with Crippen molar-refractivity contribution in [2.45, 2.75) is 309 Å². The summed E-state index contributed by atoms with van der Waals surface area (Å²) in [6, 6.07) is 0. The number of carbonyl (C=O) groups is 3. The highest BCUT2D eigenvalue weighted by Crippen LogP contribution is 2.17. The van der Waals surface area contributed by atoms with E-state index in [9.17, 15) is 19.5 Å². The molecule has 0 fully saturated rings. The van der Waals surface area contributed by atoms with Crippen molar-refractivity contribution in [1.82, 2.24) is 0 Å². The molecule has 2 unspecified atom stereocenters. The van der Waals surface area contributed by atoms with Gasteiger partial charge in [-0.05, 0) is 103 Å². The van der Waals surface area contributed by atoms with E-state index in [1.807, 2.05) is 21.1 Å². The van der Waals surface area contributed by atoms with Crippen LogP contribution >= 0.6 is 0 Å². The lowest BCUT2D eigenvalue weighted by atomic mass is 10.0. The van der Waals surface area contributed by atoms with Gasteiger partial charge in [0.05, 0.1) is 40.3 Å². The molecule has 0 N–H and O–H groups in total. The fourth-order valence-corrected chi connectivity index (χ4v) is 9.83. The normalized spacial score (nSPS) is 13.4. The van der Waals surface area contributed by atoms with Gasteiger partial charge in [0.1, 0.15) is 13.2 Å². The monoisotopic (exact) mass is 1210 g/mol. The van der Waals surface area contributed by atoms with Crippen molar-refractivity contribution in [3.8, 4) is 0 Å². The maximum atomic E-state index is 12.9. The highest BCUT2D eigenvalue weighted by Gasteiger charge is 2.22. The van der Waals surface area contributed by atoms with Crippen LogP contribution in [0.4, 0.5) is 0 Å². The van der Waals surface area contributed by atoms with E-state index in [-0.39, 0.29) is 38.6 Å². The van der Waals surface area contributed by atoms with Gasteiger partial charge in [-0.1, -0.05) is 302 Å². The molecule has 0 aliphatic carbocycles. The molecule has 9 heteroatoms. The minimum Gasteiger partial charge on any atom is -0.545 e. The van der Waals surface area contributed by atoms with Gasteiger partial charge in [0, 0.05) is 12.8 Å². The van der Waals surface area contributed by atoms with Gasteiger partial charge in [-0.25, -0.2) is 0 Å². The number of rotatable bonds is 65. The second kappa shape index (κ2) is 67.6. The number of aliphatic carboxylic acids is 1. The number of carboxylic acids is 1. The second-order valence-electron chi connectivity index (χ2n) is 24.8. The Balaban J connectivity index is 4.09. The lowest BCUT2D eigenvalue weighted by molar-refractivity contribution is -0.870. The average Bonchev–Trinajstić information content (AvgIpc) is 3.56. The van der Waals surface area contributed by atoms with Gasteiger partial charge in [-0.3, -0.25) is 9.59 Å². The highest BCUT2D eigenvalue weighted by molar-refractivity contribution is 5.70. The zero-order valence-electron chi connectivity index (χ0n) is 56.9. The van der Waals surface area contributed by atoms with Gasteiger partial charge < -0.3 is 33.3 Å². The number of esters is 2. The second-order valence-corrected chi connectivity index (χ2v) is 24.8. The quantitative estimate of drug-likeness (QED) is 0.0195. The summed E-state index contributed by atoms with van der Waals surface area (Å²) in [4.78, 5) is 37.5. The molecule has 0 aliphatic rings. The summed E-state index contributed by atoms with van der Waals surface area (Å²) in [5, 5.41) is 11.8. The first-order chi connectivity index (χ1) is 42.6. The van der Waals surface area contributed by atoms with Crippen molar-refractivity contribution in [3.63, 3.8) is 0 Å². The molecule has 9 nitrogen and oxygen atoms in total. The molecular weight excluding hydrogens is 1080 g/mol. The van der Waals surface area contributed by atoms with Crippen molar-refractivity contribution in [2.75, 3.05) is 47.5 Å². The Morgan fingerprint density at radius 1 is 0.345 bits per heavy atom. The van der Waals surface area contributed by atoms with Crippen molar-refractivity contribution >= 4 is 17.9 Å². The molecular formula is C78H133NO8. The molecule has 0 saturated heterocycles. The first-order valence-corrected chi connectivity index (χ1v) is 35.7. The van der Waals surface area contributed by atoms with Gasteiger partial charge in [0.25, 0.3) is 0 Å². The molecule has 0 bridgehead atoms. The largest absolute Gasteiger partial charge is 0.545 e. The topological polar surface area (TPSA) is 111 Å². The fourth-order valence-electron chi connectivity index (χ4n) is 9.83. The fraction of sp³-hybridized carbons (Fsp3) is 0.705. The zero-order valence-corrected chi connectivity index (χ0v) is 56.9. The van der Waals surface area contributed by atoms with E-state index in [2.05, 4.69) is 135 Å². The van der Waals surface area contributed by atoms with Crippen molar-refractivity contribution in [3.05, 3.63) is 122 Å². The van der Waals surface area contributed by atoms with Crippen LogP contribution in [-0.2, 0) is 33.3 Å². The number of nitrogens with zero attached hydrogens (tertiary/aromatic N) is 1. The Morgan fingerprint density at radius 2 is 0.621 bits per heavy atom. The van der Waals surface area contributed by atoms with E-state index in [4.69, 9.17) is 18.9 Å². The SMILES string of the molecule is CC/C=C\C/C=C\C/C=C\C/C=C\C/C=C\CCCCCCCCCCCCCCCCCCCCCC(=O)OC(COC(=O)CCCCCCCCCCCCC/C=C\C/C=C\C/C=C\C/C=C\C/C=C\CC)COC(OCC[N+](C)(C)C)C(=O)[O-]. The third kappa shape index (κ3) is 69.0. The standard InChI is InChI=1S/C78H133NO8/c1-6-8-10-12-14-16-18-20-22-24-26-28-30-32-34-35-36-37-38-39-40-41-43-45-47-49-51-53-55-57-59-61-63-65-67-69-76(81)87-74(73-86-78(77(82)83)84-71-70-79(3,4)5)72-85-75(80)68-66-64-62-60-58-56-54-52-50-48-46-44-42-33-31-29-27-25-23-21-19-17-15-13-11-9-7-2/h8-11,14-17,20-23,26-29,32-34,42,74,78H,6-7,12-13,18-19,24-25,30-31,35-41,43-73H2,1-5H3/b10-8-,11-9-,16-14-,17-15-,22-20-,23-21-,28-26-,29-27-,34-32-,42-33-. The van der Waals surface area contributed by atoms with E-state index in [1.54, 1.807) is 0 Å². The van der Waals surface area contributed by atoms with E-state index < -0.39 is 24.3 Å². The van der Waals surface area contributed by atoms with Crippen molar-refractivity contribution in [1.29, 1.82) is 0 Å². The number of hydrogen-bond donors (Lipinski definition) is 0. The van der Waals surface area contributed by atoms with Crippen molar-refractivity contribution < 1.29 is 42.9 Å². The summed E-state index contributed by atoms with van der Waals surface area (Å²) in [5.74, 6) is -2.28. The molecule has 0 heterocycles. The Kier molecular flexibility index (Phi) is 64.3. The van der Waals surface area contributed by atoms with E-state index in [1.165, 1.54) is 167 Å². The zero-order chi connectivity index (χ0) is 63.3. The van der Waals surface area contributed by atoms with E-state index >= 15 is 0 Å². The van der Waals surface area contributed by atoms with Gasteiger partial charge >= 0.3 is 11.9 Å². The molecule has 0 aliphatic heterocycles. The number of carboxylic acid groups (broad SMARTS) is 1. The van der Waals surface area contributed by atoms with Crippen LogP contribution < -0.4 is 5.11 Å². The third-order valence-corrected chi connectivity index (χ3v) is 15.2. The number of quaternary nitrogens is 1. The van der Waals surface area contributed by atoms with Crippen LogP contribution in [0, 0.1) is 0 Å². The van der Waals surface area contributed by atoms with Gasteiger partial charge in [0.2, 0.25) is 0 Å². The molecule has 0 aromatic heterocycles. The maximum absolute atomic E-state index is 12.9. The van der Waals surface area contributed by atoms with Crippen LogP contribution in [0.25, 0.3) is 0 Å². The smallest absolute Gasteiger partial charge is 0.306 e. The molecule has 87 heavy (non-hydrogen) atoms. The summed E-state index contributed by atoms with van der Waals surface area (Å²) in [6.45, 7) is 4.54. The van der Waals surface area contributed by atoms with E-state index in [0.717, 1.165) is 96.3 Å². The predicted molar refractivity (Wildman–Crippen MR) is 370 cm³/mol. The maximum Gasteiger partial charge on any atom is 0.306 e. The number of likely N-dealkylation sites (N-methyl/N-ethyl adjacent to an activating group) is 1. The summed E-state index contributed by atoms with van der Waals surface area (Å²) < 4.78 is 22.8. The Bertz CT molecular complexity index is 1840. The number of allylic oxidation sites excluding steroid dienone is 20. The molecule has 498 valence electrons. The Labute approximate surface area is 536 Å². The van der Waals surface area contributed by atoms with Gasteiger partial charge in [-0.2, -0.15) is 0 Å². The number of hydrogen-bond acceptors (Lipinski definition) is 8. The molecule has 0 saturated carbocycles.